The number of likely N-dealkylation sites (N-methyl/N-ethyl adjacent to an activating group) is 1. The summed E-state index contributed by atoms with van der Waals surface area (Å²) in [5.74, 6) is 0.00911. The maximum absolute atomic E-state index is 11.9. The molecule has 1 heterocycles. The molecular formula is C13H24N2O3. The van der Waals surface area contributed by atoms with Crippen LogP contribution in [0.15, 0.2) is 0 Å². The number of likely N-dealkylation sites (tertiary alicyclic amines) is 1. The van der Waals surface area contributed by atoms with E-state index in [1.165, 1.54) is 0 Å². The van der Waals surface area contributed by atoms with Crippen LogP contribution in [0.25, 0.3) is 0 Å². The molecule has 1 fully saturated rings. The molecule has 1 aliphatic heterocycles. The van der Waals surface area contributed by atoms with Crippen molar-refractivity contribution < 1.29 is 14.3 Å². The van der Waals surface area contributed by atoms with E-state index in [-0.39, 0.29) is 17.8 Å². The molecule has 0 aromatic carbocycles. The summed E-state index contributed by atoms with van der Waals surface area (Å²) in [5.41, 5.74) is 0. The minimum Gasteiger partial charge on any atom is -0.466 e. The molecule has 0 N–H and O–H groups in total. The third-order valence-corrected chi connectivity index (χ3v) is 3.41. The highest BCUT2D eigenvalue weighted by molar-refractivity contribution is 5.79. The summed E-state index contributed by atoms with van der Waals surface area (Å²) in [6.45, 7) is 6.93. The average Bonchev–Trinajstić information content (AvgIpc) is 2.39. The van der Waals surface area contributed by atoms with Crippen LogP contribution in [0.1, 0.15) is 26.7 Å². The van der Waals surface area contributed by atoms with E-state index in [1.807, 2.05) is 30.7 Å². The summed E-state index contributed by atoms with van der Waals surface area (Å²) in [6.07, 6.45) is 1.45. The number of hydrogen-bond donors (Lipinski definition) is 0. The maximum Gasteiger partial charge on any atom is 0.309 e. The summed E-state index contributed by atoms with van der Waals surface area (Å²) in [4.78, 5) is 27.3. The summed E-state index contributed by atoms with van der Waals surface area (Å²) in [6, 6.07) is 0. The van der Waals surface area contributed by atoms with E-state index in [2.05, 4.69) is 0 Å². The van der Waals surface area contributed by atoms with Gasteiger partial charge in [-0.2, -0.15) is 0 Å². The van der Waals surface area contributed by atoms with Gasteiger partial charge in [0.05, 0.1) is 19.1 Å². The molecular weight excluding hydrogens is 232 g/mol. The van der Waals surface area contributed by atoms with Crippen LogP contribution >= 0.6 is 0 Å². The van der Waals surface area contributed by atoms with Crippen molar-refractivity contribution in [2.24, 2.45) is 5.92 Å². The molecule has 1 aliphatic rings. The minimum absolute atomic E-state index is 0.0297. The molecule has 0 unspecified atom stereocenters. The van der Waals surface area contributed by atoms with Gasteiger partial charge in [0.15, 0.2) is 0 Å². The fourth-order valence-electron chi connectivity index (χ4n) is 2.07. The Morgan fingerprint density at radius 1 is 1.28 bits per heavy atom. The van der Waals surface area contributed by atoms with Gasteiger partial charge in [-0.1, -0.05) is 6.92 Å². The second-order valence-electron chi connectivity index (χ2n) is 4.74. The first-order valence-corrected chi connectivity index (χ1v) is 6.71. The Bertz CT molecular complexity index is 286. The van der Waals surface area contributed by atoms with Crippen LogP contribution in [-0.4, -0.2) is 61.5 Å². The van der Waals surface area contributed by atoms with Crippen molar-refractivity contribution in [3.8, 4) is 0 Å². The number of carbonyl (C=O) groups excluding carboxylic acids is 2. The summed E-state index contributed by atoms with van der Waals surface area (Å²) < 4.78 is 5.01. The normalized spacial score (nSPS) is 17.0. The first-order valence-electron chi connectivity index (χ1n) is 6.71. The number of amides is 1. The highest BCUT2D eigenvalue weighted by atomic mass is 16.5. The largest absolute Gasteiger partial charge is 0.466 e. The van der Waals surface area contributed by atoms with Crippen molar-refractivity contribution in [2.75, 3.05) is 39.8 Å². The number of esters is 1. The van der Waals surface area contributed by atoms with Crippen LogP contribution in [0.2, 0.25) is 0 Å². The Kier molecular flexibility index (Phi) is 6.12. The third-order valence-electron chi connectivity index (χ3n) is 3.41. The van der Waals surface area contributed by atoms with Gasteiger partial charge in [-0.05, 0) is 33.4 Å². The molecule has 5 heteroatoms. The van der Waals surface area contributed by atoms with Crippen molar-refractivity contribution in [1.29, 1.82) is 0 Å². The van der Waals surface area contributed by atoms with Gasteiger partial charge in [-0.3, -0.25) is 14.5 Å². The zero-order valence-corrected chi connectivity index (χ0v) is 11.6. The van der Waals surface area contributed by atoms with Gasteiger partial charge in [-0.25, -0.2) is 0 Å². The van der Waals surface area contributed by atoms with Crippen molar-refractivity contribution in [1.82, 2.24) is 9.80 Å². The summed E-state index contributed by atoms with van der Waals surface area (Å²) >= 11 is 0. The van der Waals surface area contributed by atoms with Gasteiger partial charge >= 0.3 is 5.97 Å². The zero-order chi connectivity index (χ0) is 13.5. The molecule has 1 amide bonds. The average molecular weight is 256 g/mol. The number of nitrogens with zero attached hydrogens (tertiary/aromatic N) is 2. The number of carbonyl (C=O) groups is 2. The van der Waals surface area contributed by atoms with E-state index >= 15 is 0 Å². The molecule has 0 aromatic rings. The van der Waals surface area contributed by atoms with E-state index in [0.29, 0.717) is 26.2 Å². The first-order chi connectivity index (χ1) is 8.58. The van der Waals surface area contributed by atoms with Crippen LogP contribution in [0.3, 0.4) is 0 Å². The highest BCUT2D eigenvalue weighted by Crippen LogP contribution is 2.18. The fraction of sp³-hybridized carbons (Fsp3) is 0.846. The molecule has 0 spiro atoms. The van der Waals surface area contributed by atoms with Crippen LogP contribution in [-0.2, 0) is 14.3 Å². The minimum atomic E-state index is -0.115. The number of hydrogen-bond acceptors (Lipinski definition) is 4. The highest BCUT2D eigenvalue weighted by Gasteiger charge is 2.28. The standard InChI is InChI=1S/C13H24N2O3/c1-4-14(3)10-12(16)15-8-6-11(7-9-15)13(17)18-5-2/h11H,4-10H2,1-3H3. The van der Waals surface area contributed by atoms with Gasteiger partial charge in [0.1, 0.15) is 0 Å². The molecule has 0 bridgehead atoms. The quantitative estimate of drug-likeness (QED) is 0.681. The monoisotopic (exact) mass is 256 g/mol. The lowest BCUT2D eigenvalue weighted by Crippen LogP contribution is -2.44. The van der Waals surface area contributed by atoms with E-state index in [1.54, 1.807) is 0 Å². The lowest BCUT2D eigenvalue weighted by Gasteiger charge is -2.31. The van der Waals surface area contributed by atoms with Crippen molar-refractivity contribution in [2.45, 2.75) is 26.7 Å². The van der Waals surface area contributed by atoms with Crippen LogP contribution < -0.4 is 0 Å². The van der Waals surface area contributed by atoms with E-state index in [0.717, 1.165) is 19.4 Å². The molecule has 0 atom stereocenters. The van der Waals surface area contributed by atoms with Gasteiger partial charge in [0, 0.05) is 13.1 Å². The molecule has 5 nitrogen and oxygen atoms in total. The predicted octanol–water partition coefficient (Wildman–Crippen LogP) is 0.740. The van der Waals surface area contributed by atoms with Gasteiger partial charge in [0.2, 0.25) is 5.91 Å². The topological polar surface area (TPSA) is 49.9 Å². The van der Waals surface area contributed by atoms with Crippen molar-refractivity contribution in [3.05, 3.63) is 0 Å². The zero-order valence-electron chi connectivity index (χ0n) is 11.6. The molecule has 18 heavy (non-hydrogen) atoms. The Morgan fingerprint density at radius 2 is 1.89 bits per heavy atom. The maximum atomic E-state index is 11.9. The van der Waals surface area contributed by atoms with Gasteiger partial charge in [-0.15, -0.1) is 0 Å². The van der Waals surface area contributed by atoms with Crippen LogP contribution in [0.5, 0.6) is 0 Å². The van der Waals surface area contributed by atoms with Crippen LogP contribution in [0, 0.1) is 5.92 Å². The van der Waals surface area contributed by atoms with Gasteiger partial charge < -0.3 is 9.64 Å². The summed E-state index contributed by atoms with van der Waals surface area (Å²) in [5, 5.41) is 0. The summed E-state index contributed by atoms with van der Waals surface area (Å²) in [7, 11) is 1.93. The van der Waals surface area contributed by atoms with E-state index < -0.39 is 0 Å². The molecule has 1 saturated heterocycles. The Hall–Kier alpha value is -1.10. The van der Waals surface area contributed by atoms with Crippen LogP contribution in [0.4, 0.5) is 0 Å². The second-order valence-corrected chi connectivity index (χ2v) is 4.74. The Labute approximate surface area is 109 Å². The molecule has 0 radical (unpaired) electrons. The lowest BCUT2D eigenvalue weighted by molar-refractivity contribution is -0.151. The van der Waals surface area contributed by atoms with E-state index in [4.69, 9.17) is 4.74 Å². The Balaban J connectivity index is 2.34. The van der Waals surface area contributed by atoms with E-state index in [9.17, 15) is 9.59 Å². The second kappa shape index (κ2) is 7.36. The lowest BCUT2D eigenvalue weighted by atomic mass is 9.97. The number of piperidine rings is 1. The third kappa shape index (κ3) is 4.29. The number of rotatable bonds is 5. The van der Waals surface area contributed by atoms with Crippen molar-refractivity contribution in [3.63, 3.8) is 0 Å². The Morgan fingerprint density at radius 3 is 2.39 bits per heavy atom. The molecule has 0 aliphatic carbocycles. The molecule has 0 aromatic heterocycles. The molecule has 1 rings (SSSR count). The smallest absolute Gasteiger partial charge is 0.309 e. The van der Waals surface area contributed by atoms with Gasteiger partial charge in [0.25, 0.3) is 0 Å². The molecule has 104 valence electrons. The van der Waals surface area contributed by atoms with Crippen molar-refractivity contribution >= 4 is 11.9 Å². The number of ether oxygens (including phenoxy) is 1. The predicted molar refractivity (Wildman–Crippen MR) is 69.1 cm³/mol. The SMILES string of the molecule is CCOC(=O)C1CCN(C(=O)CN(C)CC)CC1. The molecule has 0 saturated carbocycles. The first kappa shape index (κ1) is 15.0. The fourth-order valence-corrected chi connectivity index (χ4v) is 2.07.